The summed E-state index contributed by atoms with van der Waals surface area (Å²) < 4.78 is 26.9. The second-order valence-electron chi connectivity index (χ2n) is 4.28. The van der Waals surface area contributed by atoms with E-state index in [1.54, 1.807) is 0 Å². The van der Waals surface area contributed by atoms with Crippen LogP contribution < -0.4 is 10.5 Å². The van der Waals surface area contributed by atoms with Crippen molar-refractivity contribution in [3.8, 4) is 0 Å². The van der Waals surface area contributed by atoms with E-state index in [1.165, 1.54) is 18.2 Å². The number of sulfonamides is 1. The summed E-state index contributed by atoms with van der Waals surface area (Å²) in [6.45, 7) is 3.99. The minimum absolute atomic E-state index is 0.0317. The molecule has 0 aromatic heterocycles. The molecule has 0 radical (unpaired) electrons. The van der Waals surface area contributed by atoms with Gasteiger partial charge >= 0.3 is 0 Å². The first-order chi connectivity index (χ1) is 8.27. The van der Waals surface area contributed by atoms with Crippen LogP contribution in [0.15, 0.2) is 23.1 Å². The lowest BCUT2D eigenvalue weighted by atomic mass is 10.1. The third-order valence-corrected chi connectivity index (χ3v) is 4.75. The van der Waals surface area contributed by atoms with E-state index in [1.807, 2.05) is 13.8 Å². The lowest BCUT2D eigenvalue weighted by molar-refractivity contribution is 0.455. The van der Waals surface area contributed by atoms with Crippen LogP contribution in [0.2, 0.25) is 10.0 Å². The van der Waals surface area contributed by atoms with Crippen LogP contribution in [0.4, 0.5) is 0 Å². The smallest absolute Gasteiger partial charge is 0.242 e. The van der Waals surface area contributed by atoms with E-state index in [0.29, 0.717) is 5.02 Å². The van der Waals surface area contributed by atoms with Gasteiger partial charge in [0, 0.05) is 17.6 Å². The van der Waals surface area contributed by atoms with E-state index in [0.717, 1.165) is 0 Å². The zero-order valence-corrected chi connectivity index (χ0v) is 12.5. The van der Waals surface area contributed by atoms with Gasteiger partial charge in [0.1, 0.15) is 4.90 Å². The number of halogens is 2. The van der Waals surface area contributed by atoms with Crippen molar-refractivity contribution in [3.05, 3.63) is 28.2 Å². The van der Waals surface area contributed by atoms with E-state index in [2.05, 4.69) is 4.72 Å². The van der Waals surface area contributed by atoms with Crippen LogP contribution in [-0.4, -0.2) is 21.0 Å². The Labute approximate surface area is 118 Å². The minimum Gasteiger partial charge on any atom is -0.329 e. The monoisotopic (exact) mass is 310 g/mol. The van der Waals surface area contributed by atoms with Crippen LogP contribution in [0.3, 0.4) is 0 Å². The Balaban J connectivity index is 3.10. The standard InChI is InChI=1S/C11H16Cl2N2O2S/c1-7(2)10(6-14)15-18(16,17)11-5-8(12)3-4-9(11)13/h3-5,7,10,15H,6,14H2,1-2H3. The first kappa shape index (κ1) is 15.7. The molecule has 102 valence electrons. The Morgan fingerprint density at radius 1 is 1.33 bits per heavy atom. The third kappa shape index (κ3) is 3.83. The number of hydrogen-bond donors (Lipinski definition) is 2. The van der Waals surface area contributed by atoms with Crippen LogP contribution in [0.1, 0.15) is 13.8 Å². The van der Waals surface area contributed by atoms with Crippen molar-refractivity contribution in [1.29, 1.82) is 0 Å². The number of nitrogens with one attached hydrogen (secondary N) is 1. The van der Waals surface area contributed by atoms with Gasteiger partial charge in [-0.3, -0.25) is 0 Å². The molecule has 18 heavy (non-hydrogen) atoms. The molecule has 3 N–H and O–H groups in total. The molecule has 0 saturated heterocycles. The highest BCUT2D eigenvalue weighted by Crippen LogP contribution is 2.25. The Kier molecular flexibility index (Phi) is 5.43. The van der Waals surface area contributed by atoms with E-state index in [-0.39, 0.29) is 28.4 Å². The fourth-order valence-corrected chi connectivity index (χ4v) is 3.56. The molecule has 0 fully saturated rings. The molecular formula is C11H16Cl2N2O2S. The molecule has 0 aliphatic carbocycles. The number of hydrogen-bond acceptors (Lipinski definition) is 3. The van der Waals surface area contributed by atoms with Crippen molar-refractivity contribution in [1.82, 2.24) is 4.72 Å². The van der Waals surface area contributed by atoms with Crippen molar-refractivity contribution in [2.45, 2.75) is 24.8 Å². The van der Waals surface area contributed by atoms with Crippen LogP contribution in [0, 0.1) is 5.92 Å². The molecule has 0 spiro atoms. The predicted molar refractivity (Wildman–Crippen MR) is 74.5 cm³/mol. The summed E-state index contributed by atoms with van der Waals surface area (Å²) in [7, 11) is -3.72. The molecule has 1 unspecified atom stereocenters. The van der Waals surface area contributed by atoms with E-state index >= 15 is 0 Å². The molecular weight excluding hydrogens is 295 g/mol. The zero-order chi connectivity index (χ0) is 13.9. The maximum Gasteiger partial charge on any atom is 0.242 e. The van der Waals surface area contributed by atoms with Gasteiger partial charge in [0.15, 0.2) is 0 Å². The lowest BCUT2D eigenvalue weighted by Gasteiger charge is -2.20. The average molecular weight is 311 g/mol. The molecule has 0 bridgehead atoms. The molecule has 0 heterocycles. The average Bonchev–Trinajstić information content (AvgIpc) is 2.28. The molecule has 1 aromatic carbocycles. The van der Waals surface area contributed by atoms with Gasteiger partial charge in [0.05, 0.1) is 5.02 Å². The normalized spacial score (nSPS) is 13.9. The molecule has 0 saturated carbocycles. The Morgan fingerprint density at radius 2 is 1.94 bits per heavy atom. The van der Waals surface area contributed by atoms with E-state index in [9.17, 15) is 8.42 Å². The molecule has 1 atom stereocenters. The first-order valence-corrected chi connectivity index (χ1v) is 7.69. The molecule has 1 aromatic rings. The van der Waals surface area contributed by atoms with Crippen molar-refractivity contribution in [3.63, 3.8) is 0 Å². The summed E-state index contributed by atoms with van der Waals surface area (Å²) in [5.74, 6) is 0.0859. The minimum atomic E-state index is -3.72. The van der Waals surface area contributed by atoms with Crippen LogP contribution in [0.5, 0.6) is 0 Å². The highest BCUT2D eigenvalue weighted by atomic mass is 35.5. The van der Waals surface area contributed by atoms with Gasteiger partial charge in [-0.2, -0.15) is 0 Å². The van der Waals surface area contributed by atoms with Gasteiger partial charge < -0.3 is 5.73 Å². The van der Waals surface area contributed by atoms with Crippen molar-refractivity contribution in [2.24, 2.45) is 11.7 Å². The van der Waals surface area contributed by atoms with Crippen molar-refractivity contribution < 1.29 is 8.42 Å². The summed E-state index contributed by atoms with van der Waals surface area (Å²) in [4.78, 5) is -0.0317. The van der Waals surface area contributed by atoms with Gasteiger partial charge in [-0.05, 0) is 24.1 Å². The van der Waals surface area contributed by atoms with E-state index in [4.69, 9.17) is 28.9 Å². The Hall–Kier alpha value is -0.330. The van der Waals surface area contributed by atoms with Gasteiger partial charge in [0.25, 0.3) is 0 Å². The van der Waals surface area contributed by atoms with Crippen molar-refractivity contribution >= 4 is 33.2 Å². The third-order valence-electron chi connectivity index (χ3n) is 2.55. The largest absolute Gasteiger partial charge is 0.329 e. The second kappa shape index (κ2) is 6.21. The molecule has 0 aliphatic rings. The SMILES string of the molecule is CC(C)C(CN)NS(=O)(=O)c1cc(Cl)ccc1Cl. The van der Waals surface area contributed by atoms with Crippen LogP contribution in [-0.2, 0) is 10.0 Å². The molecule has 0 amide bonds. The van der Waals surface area contributed by atoms with Crippen LogP contribution >= 0.6 is 23.2 Å². The molecule has 0 aliphatic heterocycles. The summed E-state index contributed by atoms with van der Waals surface area (Å²) in [6.07, 6.45) is 0. The van der Waals surface area contributed by atoms with Crippen LogP contribution in [0.25, 0.3) is 0 Å². The Morgan fingerprint density at radius 3 is 2.44 bits per heavy atom. The lowest BCUT2D eigenvalue weighted by Crippen LogP contribution is -2.43. The topological polar surface area (TPSA) is 72.2 Å². The summed E-state index contributed by atoms with van der Waals surface area (Å²) in [6, 6.07) is 3.96. The zero-order valence-electron chi connectivity index (χ0n) is 10.2. The fourth-order valence-electron chi connectivity index (χ4n) is 1.40. The second-order valence-corrected chi connectivity index (χ2v) is 6.81. The maximum absolute atomic E-state index is 12.2. The molecule has 1 rings (SSSR count). The quantitative estimate of drug-likeness (QED) is 0.876. The maximum atomic E-state index is 12.2. The summed E-state index contributed by atoms with van der Waals surface area (Å²) in [5.41, 5.74) is 5.54. The highest BCUT2D eigenvalue weighted by Gasteiger charge is 2.23. The molecule has 7 heteroatoms. The predicted octanol–water partition coefficient (Wildman–Crippen LogP) is 2.26. The fraction of sp³-hybridized carbons (Fsp3) is 0.455. The molecule has 4 nitrogen and oxygen atoms in total. The Bertz CT molecular complexity index is 518. The van der Waals surface area contributed by atoms with Gasteiger partial charge in [-0.1, -0.05) is 37.0 Å². The summed E-state index contributed by atoms with van der Waals surface area (Å²) in [5, 5.41) is 0.444. The van der Waals surface area contributed by atoms with Crippen molar-refractivity contribution in [2.75, 3.05) is 6.54 Å². The van der Waals surface area contributed by atoms with Gasteiger partial charge in [-0.15, -0.1) is 0 Å². The number of nitrogens with two attached hydrogens (primary N) is 1. The first-order valence-electron chi connectivity index (χ1n) is 5.45. The van der Waals surface area contributed by atoms with E-state index < -0.39 is 10.0 Å². The summed E-state index contributed by atoms with van der Waals surface area (Å²) >= 11 is 11.7. The number of rotatable bonds is 5. The highest BCUT2D eigenvalue weighted by molar-refractivity contribution is 7.89. The number of benzene rings is 1. The van der Waals surface area contributed by atoms with Gasteiger partial charge in [-0.25, -0.2) is 13.1 Å². The van der Waals surface area contributed by atoms with Gasteiger partial charge in [0.2, 0.25) is 10.0 Å².